The lowest BCUT2D eigenvalue weighted by Crippen LogP contribution is -2.11. The van der Waals surface area contributed by atoms with Crippen LogP contribution in [0.1, 0.15) is 28.0 Å². The van der Waals surface area contributed by atoms with Crippen LogP contribution in [0.25, 0.3) is 0 Å². The summed E-state index contributed by atoms with van der Waals surface area (Å²) in [7, 11) is 1.12. The summed E-state index contributed by atoms with van der Waals surface area (Å²) >= 11 is 6.13. The molecule has 0 atom stereocenters. The Morgan fingerprint density at radius 2 is 2.25 bits per heavy atom. The van der Waals surface area contributed by atoms with Crippen LogP contribution in [0.15, 0.2) is 10.7 Å². The highest BCUT2D eigenvalue weighted by atomic mass is 79.9. The largest absolute Gasteiger partial charge is 0.464 e. The van der Waals surface area contributed by atoms with Gasteiger partial charge in [0.1, 0.15) is 4.60 Å². The maximum Gasteiger partial charge on any atom is 0.357 e. The molecule has 0 aliphatic rings. The van der Waals surface area contributed by atoms with Crippen molar-refractivity contribution in [2.24, 2.45) is 0 Å². The number of methoxy groups -OCH3 is 1. The molecule has 1 rings (SSSR count). The smallest absolute Gasteiger partial charge is 0.357 e. The first kappa shape index (κ1) is 13.5. The first-order valence-electron chi connectivity index (χ1n) is 4.13. The fourth-order valence-corrected chi connectivity index (χ4v) is 2.10. The number of nitrogens with zero attached hydrogens (tertiary/aromatic N) is 1. The Morgan fingerprint density at radius 1 is 1.62 bits per heavy atom. The van der Waals surface area contributed by atoms with Crippen LogP contribution in [-0.2, 0) is 10.1 Å². The molecular formula is C9H7Br2F2NO2. The van der Waals surface area contributed by atoms with Crippen LogP contribution in [0.2, 0.25) is 0 Å². The van der Waals surface area contributed by atoms with Crippen LogP contribution in [0.5, 0.6) is 0 Å². The van der Waals surface area contributed by atoms with Crippen molar-refractivity contribution in [3.8, 4) is 0 Å². The number of carbonyl (C=O) groups excluding carboxylic acids is 1. The highest BCUT2D eigenvalue weighted by molar-refractivity contribution is 9.10. The van der Waals surface area contributed by atoms with Gasteiger partial charge in [-0.05, 0) is 27.6 Å². The third-order valence-electron chi connectivity index (χ3n) is 1.85. The molecule has 0 spiro atoms. The Bertz CT molecular complexity index is 413. The van der Waals surface area contributed by atoms with Gasteiger partial charge in [0.15, 0.2) is 5.69 Å². The van der Waals surface area contributed by atoms with E-state index in [-0.39, 0.29) is 11.0 Å². The average molecular weight is 359 g/mol. The zero-order valence-electron chi connectivity index (χ0n) is 8.14. The quantitative estimate of drug-likeness (QED) is 0.472. The Balaban J connectivity index is 3.44. The van der Waals surface area contributed by atoms with Gasteiger partial charge in [0.25, 0.3) is 6.43 Å². The molecule has 0 unspecified atom stereocenters. The number of halogens is 4. The van der Waals surface area contributed by atoms with Gasteiger partial charge in [-0.2, -0.15) is 0 Å². The van der Waals surface area contributed by atoms with E-state index in [1.807, 2.05) is 0 Å². The second kappa shape index (κ2) is 5.67. The van der Waals surface area contributed by atoms with Crippen LogP contribution in [0, 0.1) is 0 Å². The van der Waals surface area contributed by atoms with Crippen molar-refractivity contribution in [1.82, 2.24) is 4.98 Å². The summed E-state index contributed by atoms with van der Waals surface area (Å²) in [5.74, 6) is -0.876. The lowest BCUT2D eigenvalue weighted by atomic mass is 10.1. The summed E-state index contributed by atoms with van der Waals surface area (Å²) in [4.78, 5) is 15.0. The fraction of sp³-hybridized carbons (Fsp3) is 0.333. The topological polar surface area (TPSA) is 39.2 Å². The first-order valence-corrected chi connectivity index (χ1v) is 6.04. The molecule has 0 saturated carbocycles. The number of hydrogen-bond donors (Lipinski definition) is 0. The van der Waals surface area contributed by atoms with E-state index < -0.39 is 18.0 Å². The molecule has 0 aliphatic carbocycles. The lowest BCUT2D eigenvalue weighted by molar-refractivity contribution is 0.0581. The minimum absolute atomic E-state index is 0.206. The molecule has 3 nitrogen and oxygen atoms in total. The minimum atomic E-state index is -2.78. The highest BCUT2D eigenvalue weighted by Gasteiger charge is 2.24. The van der Waals surface area contributed by atoms with E-state index in [9.17, 15) is 13.6 Å². The second-order valence-corrected chi connectivity index (χ2v) is 4.17. The van der Waals surface area contributed by atoms with E-state index in [1.54, 1.807) is 0 Å². The van der Waals surface area contributed by atoms with E-state index in [2.05, 4.69) is 41.6 Å². The van der Waals surface area contributed by atoms with Crippen molar-refractivity contribution >= 4 is 37.8 Å². The number of alkyl halides is 3. The number of aromatic nitrogens is 1. The van der Waals surface area contributed by atoms with Gasteiger partial charge in [-0.15, -0.1) is 0 Å². The predicted molar refractivity (Wildman–Crippen MR) is 60.9 cm³/mol. The van der Waals surface area contributed by atoms with Crippen molar-refractivity contribution in [2.45, 2.75) is 11.8 Å². The molecule has 1 heterocycles. The van der Waals surface area contributed by atoms with Gasteiger partial charge in [-0.1, -0.05) is 15.9 Å². The predicted octanol–water partition coefficient (Wildman–Crippen LogP) is 3.46. The molecule has 7 heteroatoms. The monoisotopic (exact) mass is 357 g/mol. The summed E-state index contributed by atoms with van der Waals surface area (Å²) in [6.07, 6.45) is -2.78. The van der Waals surface area contributed by atoms with Gasteiger partial charge in [-0.25, -0.2) is 18.6 Å². The zero-order valence-corrected chi connectivity index (χ0v) is 11.3. The first-order chi connectivity index (χ1) is 7.51. The summed E-state index contributed by atoms with van der Waals surface area (Å²) < 4.78 is 30.4. The van der Waals surface area contributed by atoms with E-state index in [4.69, 9.17) is 0 Å². The van der Waals surface area contributed by atoms with Crippen LogP contribution in [0.3, 0.4) is 0 Å². The summed E-state index contributed by atoms with van der Waals surface area (Å²) in [5, 5.41) is 0.206. The minimum Gasteiger partial charge on any atom is -0.464 e. The number of esters is 1. The molecule has 1 aromatic rings. The van der Waals surface area contributed by atoms with Crippen molar-refractivity contribution < 1.29 is 18.3 Å². The lowest BCUT2D eigenvalue weighted by Gasteiger charge is -2.11. The molecule has 0 saturated heterocycles. The standard InChI is InChI=1S/C9H7Br2F2NO2/c1-16-9(15)7-6(8(12)13)4(3-10)2-5(11)14-7/h2,8H,3H2,1H3. The molecular weight excluding hydrogens is 352 g/mol. The van der Waals surface area contributed by atoms with E-state index in [0.29, 0.717) is 10.2 Å². The summed E-state index contributed by atoms with van der Waals surface area (Å²) in [6, 6.07) is 1.43. The second-order valence-electron chi connectivity index (χ2n) is 2.79. The third kappa shape index (κ3) is 2.76. The maximum absolute atomic E-state index is 12.8. The Hall–Kier alpha value is -0.560. The molecule has 1 aromatic heterocycles. The number of hydrogen-bond acceptors (Lipinski definition) is 3. The number of carbonyl (C=O) groups is 1. The molecule has 0 fully saturated rings. The highest BCUT2D eigenvalue weighted by Crippen LogP contribution is 2.29. The van der Waals surface area contributed by atoms with Crippen LogP contribution < -0.4 is 0 Å². The van der Waals surface area contributed by atoms with Crippen LogP contribution >= 0.6 is 31.9 Å². The normalized spacial score (nSPS) is 10.6. The number of rotatable bonds is 3. The van der Waals surface area contributed by atoms with Crippen molar-refractivity contribution in [3.63, 3.8) is 0 Å². The molecule has 0 amide bonds. The molecule has 0 aliphatic heterocycles. The molecule has 0 N–H and O–H groups in total. The average Bonchev–Trinajstić information content (AvgIpc) is 2.26. The van der Waals surface area contributed by atoms with E-state index in [1.165, 1.54) is 6.07 Å². The fourth-order valence-electron chi connectivity index (χ4n) is 1.18. The molecule has 0 radical (unpaired) electrons. The Labute approximate surface area is 107 Å². The Kier molecular flexibility index (Phi) is 4.79. The van der Waals surface area contributed by atoms with Gasteiger partial charge in [-0.3, -0.25) is 0 Å². The molecule has 0 aromatic carbocycles. The van der Waals surface area contributed by atoms with Crippen LogP contribution in [-0.4, -0.2) is 18.1 Å². The number of pyridine rings is 1. The van der Waals surface area contributed by atoms with Crippen molar-refractivity contribution in [3.05, 3.63) is 27.5 Å². The van der Waals surface area contributed by atoms with Gasteiger partial charge in [0.05, 0.1) is 12.7 Å². The SMILES string of the molecule is COC(=O)c1nc(Br)cc(CBr)c1C(F)F. The van der Waals surface area contributed by atoms with Gasteiger partial charge < -0.3 is 4.74 Å². The molecule has 0 bridgehead atoms. The zero-order chi connectivity index (χ0) is 12.3. The summed E-state index contributed by atoms with van der Waals surface area (Å²) in [5.41, 5.74) is -0.453. The third-order valence-corrected chi connectivity index (χ3v) is 2.86. The van der Waals surface area contributed by atoms with E-state index in [0.717, 1.165) is 7.11 Å². The van der Waals surface area contributed by atoms with Gasteiger partial charge in [0.2, 0.25) is 0 Å². The molecule has 88 valence electrons. The van der Waals surface area contributed by atoms with Crippen LogP contribution in [0.4, 0.5) is 8.78 Å². The van der Waals surface area contributed by atoms with E-state index >= 15 is 0 Å². The maximum atomic E-state index is 12.8. The van der Waals surface area contributed by atoms with Gasteiger partial charge >= 0.3 is 5.97 Å². The Morgan fingerprint density at radius 3 is 2.69 bits per heavy atom. The van der Waals surface area contributed by atoms with Crippen molar-refractivity contribution in [2.75, 3.05) is 7.11 Å². The number of ether oxygens (including phenoxy) is 1. The summed E-state index contributed by atoms with van der Waals surface area (Å²) in [6.45, 7) is 0. The van der Waals surface area contributed by atoms with Gasteiger partial charge in [0, 0.05) is 5.33 Å². The van der Waals surface area contributed by atoms with Crippen molar-refractivity contribution in [1.29, 1.82) is 0 Å². The molecule has 16 heavy (non-hydrogen) atoms.